The first kappa shape index (κ1) is 16.2. The fourth-order valence-electron chi connectivity index (χ4n) is 2.27. The minimum Gasteiger partial charge on any atom is -0.478 e. The molecule has 0 aliphatic rings. The van der Waals surface area contributed by atoms with Gasteiger partial charge in [-0.2, -0.15) is 9.35 Å². The van der Waals surface area contributed by atoms with Crippen molar-refractivity contribution in [3.05, 3.63) is 48.0 Å². The molecule has 3 rings (SSSR count). The Balaban J connectivity index is 1.87. The van der Waals surface area contributed by atoms with Gasteiger partial charge in [-0.3, -0.25) is 4.55 Å². The van der Waals surface area contributed by atoms with E-state index in [2.05, 4.69) is 15.3 Å². The number of anilines is 2. The summed E-state index contributed by atoms with van der Waals surface area (Å²) < 4.78 is 22.1. The lowest BCUT2D eigenvalue weighted by Gasteiger charge is -2.33. The van der Waals surface area contributed by atoms with Gasteiger partial charge >= 0.3 is 5.97 Å². The van der Waals surface area contributed by atoms with Gasteiger partial charge in [-0.15, -0.1) is 0 Å². The summed E-state index contributed by atoms with van der Waals surface area (Å²) in [5.74, 6) is -0.548. The zero-order chi connectivity index (χ0) is 17.6. The molecule has 8 heteroatoms. The molecule has 0 fully saturated rings. The van der Waals surface area contributed by atoms with Crippen LogP contribution in [0, 0.1) is 0 Å². The van der Waals surface area contributed by atoms with E-state index in [9.17, 15) is 13.6 Å². The lowest BCUT2D eigenvalue weighted by molar-refractivity contribution is 0.0697. The average molecular weight is 347 g/mol. The molecule has 0 saturated heterocycles. The molecule has 2 aromatic carbocycles. The summed E-state index contributed by atoms with van der Waals surface area (Å²) in [6.45, 7) is 0. The fraction of sp³-hybridized carbons (Fsp3) is 0.125. The van der Waals surface area contributed by atoms with Crippen LogP contribution in [-0.4, -0.2) is 42.3 Å². The zero-order valence-electron chi connectivity index (χ0n) is 13.1. The molecule has 24 heavy (non-hydrogen) atoms. The predicted octanol–water partition coefficient (Wildman–Crippen LogP) is 2.92. The Morgan fingerprint density at radius 1 is 1.17 bits per heavy atom. The van der Waals surface area contributed by atoms with Crippen molar-refractivity contribution >= 4 is 38.0 Å². The number of carboxylic acid groups (broad SMARTS) is 1. The molecule has 0 radical (unpaired) electrons. The van der Waals surface area contributed by atoms with Crippen LogP contribution in [0.3, 0.4) is 0 Å². The molecule has 0 aliphatic heterocycles. The van der Waals surface area contributed by atoms with Crippen molar-refractivity contribution in [1.29, 1.82) is 0 Å². The number of rotatable bonds is 4. The third-order valence-electron chi connectivity index (χ3n) is 3.52. The van der Waals surface area contributed by atoms with Crippen LogP contribution in [0.2, 0.25) is 0 Å². The number of H-pyrrole nitrogens is 1. The highest BCUT2D eigenvalue weighted by atomic mass is 32.3. The van der Waals surface area contributed by atoms with Gasteiger partial charge in [-0.05, 0) is 42.5 Å². The first-order valence-corrected chi connectivity index (χ1v) is 9.79. The van der Waals surface area contributed by atoms with Crippen molar-refractivity contribution < 1.29 is 18.7 Å². The van der Waals surface area contributed by atoms with E-state index in [0.29, 0.717) is 27.6 Å². The number of imidazole rings is 1. The molecule has 1 heterocycles. The average Bonchev–Trinajstić information content (AvgIpc) is 2.87. The Labute approximate surface area is 138 Å². The lowest BCUT2D eigenvalue weighted by Crippen LogP contribution is -2.28. The molecule has 0 amide bonds. The summed E-state index contributed by atoms with van der Waals surface area (Å²) in [5.41, 5.74) is 2.11. The van der Waals surface area contributed by atoms with Crippen LogP contribution in [0.5, 0.6) is 0 Å². The van der Waals surface area contributed by atoms with Crippen LogP contribution < -0.4 is 5.32 Å². The summed E-state index contributed by atoms with van der Waals surface area (Å²) >= 11 is 0. The second-order valence-electron chi connectivity index (χ2n) is 6.04. The van der Waals surface area contributed by atoms with Gasteiger partial charge in [0.1, 0.15) is 0 Å². The molecule has 1 aromatic heterocycles. The SMILES string of the molecule is CS(C)(=O)(O)c1ccc(Nc2nc3ccc(C(=O)O)cc3[nH]2)cc1. The monoisotopic (exact) mass is 347 g/mol. The minimum atomic E-state index is -3.77. The van der Waals surface area contributed by atoms with Crippen molar-refractivity contribution in [2.75, 3.05) is 17.8 Å². The molecule has 0 atom stereocenters. The van der Waals surface area contributed by atoms with Gasteiger partial charge in [0.15, 0.2) is 0 Å². The van der Waals surface area contributed by atoms with Gasteiger partial charge in [0, 0.05) is 18.2 Å². The van der Waals surface area contributed by atoms with Gasteiger partial charge in [-0.1, -0.05) is 0 Å². The highest BCUT2D eigenvalue weighted by Crippen LogP contribution is 2.27. The van der Waals surface area contributed by atoms with Gasteiger partial charge < -0.3 is 15.4 Å². The molecule has 3 aromatic rings. The van der Waals surface area contributed by atoms with Crippen LogP contribution in [0.1, 0.15) is 10.4 Å². The number of aromatic amines is 1. The number of carboxylic acids is 1. The van der Waals surface area contributed by atoms with Crippen LogP contribution in [0.25, 0.3) is 11.0 Å². The van der Waals surface area contributed by atoms with Crippen LogP contribution in [-0.2, 0) is 9.35 Å². The van der Waals surface area contributed by atoms with E-state index in [1.807, 2.05) is 0 Å². The van der Waals surface area contributed by atoms with Crippen molar-refractivity contribution in [2.24, 2.45) is 0 Å². The van der Waals surface area contributed by atoms with Crippen molar-refractivity contribution in [2.45, 2.75) is 4.90 Å². The Bertz CT molecular complexity index is 991. The number of nitrogens with one attached hydrogen (secondary N) is 2. The van der Waals surface area contributed by atoms with Gasteiger partial charge in [0.25, 0.3) is 0 Å². The third-order valence-corrected chi connectivity index (χ3v) is 5.14. The fourth-order valence-corrected chi connectivity index (χ4v) is 3.18. The maximum Gasteiger partial charge on any atom is 0.335 e. The number of nitrogens with zero attached hydrogens (tertiary/aromatic N) is 1. The number of aromatic carboxylic acids is 1. The molecule has 126 valence electrons. The number of fused-ring (bicyclic) bond motifs is 1. The second kappa shape index (κ2) is 5.15. The third kappa shape index (κ3) is 3.29. The Morgan fingerprint density at radius 2 is 1.83 bits per heavy atom. The maximum absolute atomic E-state index is 12.1. The molecule has 4 N–H and O–H groups in total. The van der Waals surface area contributed by atoms with E-state index < -0.39 is 15.3 Å². The second-order valence-corrected chi connectivity index (χ2v) is 10.0. The van der Waals surface area contributed by atoms with Crippen LogP contribution in [0.4, 0.5) is 11.6 Å². The predicted molar refractivity (Wildman–Crippen MR) is 93.7 cm³/mol. The smallest absolute Gasteiger partial charge is 0.335 e. The van der Waals surface area contributed by atoms with Crippen molar-refractivity contribution in [3.8, 4) is 0 Å². The van der Waals surface area contributed by atoms with Gasteiger partial charge in [-0.25, -0.2) is 14.0 Å². The molecule has 7 nitrogen and oxygen atoms in total. The summed E-state index contributed by atoms with van der Waals surface area (Å²) in [5, 5.41) is 12.1. The minimum absolute atomic E-state index is 0.178. The van der Waals surface area contributed by atoms with Gasteiger partial charge in [0.05, 0.1) is 21.5 Å². The largest absolute Gasteiger partial charge is 0.478 e. The molecule has 0 saturated carbocycles. The van der Waals surface area contributed by atoms with E-state index in [0.717, 1.165) is 0 Å². The number of benzene rings is 2. The Hall–Kier alpha value is -2.71. The topological polar surface area (TPSA) is 115 Å². The Morgan fingerprint density at radius 3 is 2.42 bits per heavy atom. The van der Waals surface area contributed by atoms with Gasteiger partial charge in [0.2, 0.25) is 5.95 Å². The molecular weight excluding hydrogens is 330 g/mol. The summed E-state index contributed by atoms with van der Waals surface area (Å²) in [4.78, 5) is 18.7. The van der Waals surface area contributed by atoms with Crippen molar-refractivity contribution in [3.63, 3.8) is 0 Å². The highest BCUT2D eigenvalue weighted by Gasteiger charge is 2.17. The first-order valence-electron chi connectivity index (χ1n) is 7.05. The molecule has 0 aliphatic carbocycles. The highest BCUT2D eigenvalue weighted by molar-refractivity contribution is 8.14. The quantitative estimate of drug-likeness (QED) is 0.577. The normalized spacial score (nSPS) is 13.4. The summed E-state index contributed by atoms with van der Waals surface area (Å²) in [6, 6.07) is 11.2. The van der Waals surface area contributed by atoms with E-state index in [1.165, 1.54) is 24.6 Å². The lowest BCUT2D eigenvalue weighted by atomic mass is 10.2. The van der Waals surface area contributed by atoms with Crippen LogP contribution >= 0.6 is 0 Å². The van der Waals surface area contributed by atoms with E-state index >= 15 is 0 Å². The van der Waals surface area contributed by atoms with E-state index in [-0.39, 0.29) is 5.56 Å². The molecule has 0 bridgehead atoms. The number of carbonyl (C=O) groups is 1. The Kier molecular flexibility index (Phi) is 3.47. The zero-order valence-corrected chi connectivity index (χ0v) is 13.9. The molecule has 0 spiro atoms. The van der Waals surface area contributed by atoms with E-state index in [4.69, 9.17) is 5.11 Å². The first-order chi connectivity index (χ1) is 11.1. The maximum atomic E-state index is 12.1. The standard InChI is InChI=1S/C16H17N3O4S/c1-24(2,22,23)12-6-4-11(5-7-12)17-16-18-13-8-3-10(15(20)21)9-14(13)19-16/h3-9H,1-2H3,(H,20,21)(H,22,23)(H2,17,18,19). The summed E-state index contributed by atoms with van der Waals surface area (Å²) in [6.07, 6.45) is 2.61. The molecular formula is C16H17N3O4S. The van der Waals surface area contributed by atoms with Crippen LogP contribution in [0.15, 0.2) is 47.4 Å². The summed E-state index contributed by atoms with van der Waals surface area (Å²) in [7, 11) is -3.77. The number of hydrogen-bond donors (Lipinski definition) is 4. The molecule has 0 unspecified atom stereocenters. The number of aromatic nitrogens is 2. The number of hydrogen-bond acceptors (Lipinski definition) is 4. The van der Waals surface area contributed by atoms with E-state index in [1.54, 1.807) is 30.3 Å². The van der Waals surface area contributed by atoms with Crippen molar-refractivity contribution in [1.82, 2.24) is 9.97 Å².